The van der Waals surface area contributed by atoms with Crippen LogP contribution in [0.4, 0.5) is 0 Å². The van der Waals surface area contributed by atoms with Gasteiger partial charge in [0, 0.05) is 51.2 Å². The maximum absolute atomic E-state index is 12.6. The maximum atomic E-state index is 12.6. The first-order valence-electron chi connectivity index (χ1n) is 10.1. The molecule has 2 atom stereocenters. The number of carbonyl (C=O) groups excluding carboxylic acids is 2. The minimum Gasteiger partial charge on any atom is -0.342 e. The summed E-state index contributed by atoms with van der Waals surface area (Å²) >= 11 is 0. The van der Waals surface area contributed by atoms with E-state index in [0.717, 1.165) is 58.3 Å². The van der Waals surface area contributed by atoms with Gasteiger partial charge in [0.05, 0.1) is 6.54 Å². The summed E-state index contributed by atoms with van der Waals surface area (Å²) in [7, 11) is 1.96. The van der Waals surface area contributed by atoms with Crippen LogP contribution in [0, 0.1) is 5.92 Å². The van der Waals surface area contributed by atoms with Crippen LogP contribution in [-0.4, -0.2) is 78.4 Å². The largest absolute Gasteiger partial charge is 0.342 e. The molecule has 6 heteroatoms. The second kappa shape index (κ2) is 8.49. The summed E-state index contributed by atoms with van der Waals surface area (Å²) in [5.41, 5.74) is 5.94. The highest BCUT2D eigenvalue weighted by molar-refractivity contribution is 5.80. The number of likely N-dealkylation sites (N-methyl/N-ethyl adjacent to an activating group) is 1. The van der Waals surface area contributed by atoms with Crippen LogP contribution in [0.15, 0.2) is 0 Å². The molecule has 0 aromatic carbocycles. The van der Waals surface area contributed by atoms with Crippen LogP contribution >= 0.6 is 0 Å². The van der Waals surface area contributed by atoms with Crippen molar-refractivity contribution in [3.63, 3.8) is 0 Å². The first kappa shape index (κ1) is 18.6. The van der Waals surface area contributed by atoms with Gasteiger partial charge < -0.3 is 15.5 Å². The summed E-state index contributed by atoms with van der Waals surface area (Å²) in [6, 6.07) is 0.624. The number of rotatable bonds is 4. The smallest absolute Gasteiger partial charge is 0.236 e. The maximum Gasteiger partial charge on any atom is 0.236 e. The highest BCUT2D eigenvalue weighted by Crippen LogP contribution is 2.26. The molecule has 0 aromatic heterocycles. The standard InChI is InChI=1S/C19H34N4O2/c1-21(17-5-3-2-4-6-17)18(24)14-22-9-11-23(12-10-22)19(25)15-7-8-16(20)13-15/h15-17H,2-14,20H2,1H3. The van der Waals surface area contributed by atoms with Crippen molar-refractivity contribution in [3.05, 3.63) is 0 Å². The number of piperazine rings is 1. The first-order chi connectivity index (χ1) is 12.0. The van der Waals surface area contributed by atoms with Gasteiger partial charge in [-0.2, -0.15) is 0 Å². The third-order valence-electron chi connectivity index (χ3n) is 6.38. The predicted octanol–water partition coefficient (Wildman–Crippen LogP) is 1.05. The summed E-state index contributed by atoms with van der Waals surface area (Å²) in [6.45, 7) is 3.57. The lowest BCUT2D eigenvalue weighted by Crippen LogP contribution is -2.53. The summed E-state index contributed by atoms with van der Waals surface area (Å²) < 4.78 is 0. The third-order valence-corrected chi connectivity index (χ3v) is 6.38. The average Bonchev–Trinajstić information content (AvgIpc) is 3.08. The number of amides is 2. The van der Waals surface area contributed by atoms with Gasteiger partial charge in [-0.3, -0.25) is 14.5 Å². The topological polar surface area (TPSA) is 69.9 Å². The van der Waals surface area contributed by atoms with Crippen molar-refractivity contribution >= 4 is 11.8 Å². The van der Waals surface area contributed by atoms with Gasteiger partial charge in [0.1, 0.15) is 0 Å². The van der Waals surface area contributed by atoms with E-state index in [0.29, 0.717) is 12.6 Å². The molecule has 1 heterocycles. The third kappa shape index (κ3) is 4.73. The van der Waals surface area contributed by atoms with Gasteiger partial charge in [-0.15, -0.1) is 0 Å². The van der Waals surface area contributed by atoms with Crippen molar-refractivity contribution in [2.45, 2.75) is 63.5 Å². The van der Waals surface area contributed by atoms with E-state index in [1.165, 1.54) is 19.3 Å². The molecule has 3 aliphatic rings. The van der Waals surface area contributed by atoms with Crippen LogP contribution in [0.1, 0.15) is 51.4 Å². The van der Waals surface area contributed by atoms with Gasteiger partial charge in [-0.25, -0.2) is 0 Å². The highest BCUT2D eigenvalue weighted by Gasteiger charge is 2.33. The van der Waals surface area contributed by atoms with Gasteiger partial charge in [0.15, 0.2) is 0 Å². The van der Waals surface area contributed by atoms with Crippen molar-refractivity contribution in [2.75, 3.05) is 39.8 Å². The molecule has 6 nitrogen and oxygen atoms in total. The van der Waals surface area contributed by atoms with Crippen molar-refractivity contribution in [2.24, 2.45) is 11.7 Å². The quantitative estimate of drug-likeness (QED) is 0.823. The molecule has 2 saturated carbocycles. The van der Waals surface area contributed by atoms with Crippen LogP contribution in [0.3, 0.4) is 0 Å². The van der Waals surface area contributed by atoms with E-state index in [4.69, 9.17) is 5.73 Å². The van der Waals surface area contributed by atoms with Gasteiger partial charge in [0.2, 0.25) is 11.8 Å². The molecular weight excluding hydrogens is 316 g/mol. The summed E-state index contributed by atoms with van der Waals surface area (Å²) in [4.78, 5) is 31.3. The van der Waals surface area contributed by atoms with Crippen LogP contribution in [0.5, 0.6) is 0 Å². The van der Waals surface area contributed by atoms with E-state index in [9.17, 15) is 9.59 Å². The van der Waals surface area contributed by atoms with E-state index in [1.807, 2.05) is 16.8 Å². The molecular formula is C19H34N4O2. The lowest BCUT2D eigenvalue weighted by molar-refractivity contribution is -0.138. The Labute approximate surface area is 151 Å². The zero-order valence-corrected chi connectivity index (χ0v) is 15.7. The summed E-state index contributed by atoms with van der Waals surface area (Å²) in [5.74, 6) is 0.632. The molecule has 1 saturated heterocycles. The Balaban J connectivity index is 1.41. The van der Waals surface area contributed by atoms with E-state index in [-0.39, 0.29) is 23.8 Å². The number of hydrogen-bond acceptors (Lipinski definition) is 4. The molecule has 1 aliphatic heterocycles. The number of hydrogen-bond donors (Lipinski definition) is 1. The van der Waals surface area contributed by atoms with Crippen molar-refractivity contribution < 1.29 is 9.59 Å². The van der Waals surface area contributed by atoms with Gasteiger partial charge in [-0.1, -0.05) is 19.3 Å². The number of carbonyl (C=O) groups is 2. The zero-order chi connectivity index (χ0) is 17.8. The minimum atomic E-state index is 0.126. The summed E-state index contributed by atoms with van der Waals surface area (Å²) in [6.07, 6.45) is 8.83. The Morgan fingerprint density at radius 1 is 1.00 bits per heavy atom. The SMILES string of the molecule is CN(C(=O)CN1CCN(C(=O)C2CCC(N)C2)CC1)C1CCCCC1. The molecule has 25 heavy (non-hydrogen) atoms. The van der Waals surface area contributed by atoms with E-state index in [1.54, 1.807) is 0 Å². The van der Waals surface area contributed by atoms with Gasteiger partial charge >= 0.3 is 0 Å². The molecule has 2 N–H and O–H groups in total. The van der Waals surface area contributed by atoms with Crippen molar-refractivity contribution in [3.8, 4) is 0 Å². The fourth-order valence-corrected chi connectivity index (χ4v) is 4.60. The first-order valence-corrected chi connectivity index (χ1v) is 10.1. The lowest BCUT2D eigenvalue weighted by atomic mass is 9.94. The van der Waals surface area contributed by atoms with E-state index >= 15 is 0 Å². The number of nitrogens with zero attached hydrogens (tertiary/aromatic N) is 3. The predicted molar refractivity (Wildman–Crippen MR) is 98.0 cm³/mol. The monoisotopic (exact) mass is 350 g/mol. The second-order valence-electron chi connectivity index (χ2n) is 8.17. The molecule has 0 spiro atoms. The molecule has 3 rings (SSSR count). The molecule has 2 unspecified atom stereocenters. The molecule has 3 fully saturated rings. The second-order valence-corrected chi connectivity index (χ2v) is 8.17. The Morgan fingerprint density at radius 2 is 1.68 bits per heavy atom. The molecule has 2 amide bonds. The van der Waals surface area contributed by atoms with Gasteiger partial charge in [0.25, 0.3) is 0 Å². The zero-order valence-electron chi connectivity index (χ0n) is 15.7. The van der Waals surface area contributed by atoms with Crippen LogP contribution in [-0.2, 0) is 9.59 Å². The Bertz CT molecular complexity index is 470. The van der Waals surface area contributed by atoms with E-state index in [2.05, 4.69) is 4.90 Å². The van der Waals surface area contributed by atoms with Gasteiger partial charge in [-0.05, 0) is 32.1 Å². The minimum absolute atomic E-state index is 0.126. The molecule has 2 aliphatic carbocycles. The molecule has 0 bridgehead atoms. The van der Waals surface area contributed by atoms with Crippen LogP contribution in [0.25, 0.3) is 0 Å². The van der Waals surface area contributed by atoms with Crippen molar-refractivity contribution in [1.29, 1.82) is 0 Å². The van der Waals surface area contributed by atoms with Crippen LogP contribution < -0.4 is 5.73 Å². The lowest BCUT2D eigenvalue weighted by Gasteiger charge is -2.37. The van der Waals surface area contributed by atoms with Crippen LogP contribution in [0.2, 0.25) is 0 Å². The molecule has 0 radical (unpaired) electrons. The number of nitrogens with two attached hydrogens (primary N) is 1. The Morgan fingerprint density at radius 3 is 2.28 bits per heavy atom. The Hall–Kier alpha value is -1.14. The van der Waals surface area contributed by atoms with E-state index < -0.39 is 0 Å². The molecule has 142 valence electrons. The normalized spacial score (nSPS) is 29.0. The Kier molecular flexibility index (Phi) is 6.34. The fraction of sp³-hybridized carbons (Fsp3) is 0.895. The molecule has 0 aromatic rings. The summed E-state index contributed by atoms with van der Waals surface area (Å²) in [5, 5.41) is 0. The van der Waals surface area contributed by atoms with Crippen molar-refractivity contribution in [1.82, 2.24) is 14.7 Å². The highest BCUT2D eigenvalue weighted by atomic mass is 16.2. The average molecular weight is 351 g/mol. The fourth-order valence-electron chi connectivity index (χ4n) is 4.60.